The Bertz CT molecular complexity index is 1240. The zero-order valence-electron chi connectivity index (χ0n) is 16.9. The van der Waals surface area contributed by atoms with Gasteiger partial charge in [-0.1, -0.05) is 36.9 Å². The Kier molecular flexibility index (Phi) is 7.58. The molecule has 3 rings (SSSR count). The summed E-state index contributed by atoms with van der Waals surface area (Å²) < 4.78 is 25.5. The quantitative estimate of drug-likeness (QED) is 0.378. The van der Waals surface area contributed by atoms with Gasteiger partial charge in [0.25, 0.3) is 5.56 Å². The van der Waals surface area contributed by atoms with Crippen LogP contribution in [0.1, 0.15) is 12.5 Å². The molecule has 0 aliphatic heterocycles. The van der Waals surface area contributed by atoms with Crippen LogP contribution >= 0.6 is 23.5 Å². The number of aromatic amines is 1. The number of anilines is 1. The topological polar surface area (TPSA) is 109 Å². The van der Waals surface area contributed by atoms with Crippen LogP contribution in [0.25, 0.3) is 0 Å². The first-order valence-electron chi connectivity index (χ1n) is 9.33. The van der Waals surface area contributed by atoms with E-state index in [0.29, 0.717) is 5.69 Å². The Morgan fingerprint density at radius 1 is 1.16 bits per heavy atom. The minimum absolute atomic E-state index is 0.0109. The van der Waals surface area contributed by atoms with Gasteiger partial charge in [0.1, 0.15) is 0 Å². The average Bonchev–Trinajstić information content (AvgIpc) is 2.77. The van der Waals surface area contributed by atoms with E-state index in [1.54, 1.807) is 30.0 Å². The van der Waals surface area contributed by atoms with Crippen LogP contribution in [0.15, 0.2) is 79.4 Å². The summed E-state index contributed by atoms with van der Waals surface area (Å²) in [5.41, 5.74) is 0.899. The molecule has 0 unspecified atom stereocenters. The van der Waals surface area contributed by atoms with Gasteiger partial charge >= 0.3 is 0 Å². The summed E-state index contributed by atoms with van der Waals surface area (Å²) in [5, 5.41) is 2.94. The SMILES string of the molecule is CCc1ccc(S(=O)(=O)c2cnc(SCC(=O)Nc3cccc(SC)c3)[nH]c2=O)cc1. The van der Waals surface area contributed by atoms with Crippen molar-refractivity contribution < 1.29 is 13.2 Å². The van der Waals surface area contributed by atoms with E-state index in [0.717, 1.165) is 34.8 Å². The molecule has 0 bridgehead atoms. The lowest BCUT2D eigenvalue weighted by atomic mass is 10.2. The van der Waals surface area contributed by atoms with Crippen molar-refractivity contribution in [3.05, 3.63) is 70.6 Å². The van der Waals surface area contributed by atoms with Gasteiger partial charge in [-0.25, -0.2) is 13.4 Å². The predicted octanol–water partition coefficient (Wildman–Crippen LogP) is 3.62. The Hall–Kier alpha value is -2.56. The Morgan fingerprint density at radius 2 is 1.90 bits per heavy atom. The Morgan fingerprint density at radius 3 is 2.55 bits per heavy atom. The highest BCUT2D eigenvalue weighted by atomic mass is 32.2. The number of thioether (sulfide) groups is 2. The second-order valence-electron chi connectivity index (χ2n) is 6.45. The molecular formula is C21H21N3O4S3. The number of rotatable bonds is 8. The molecule has 7 nitrogen and oxygen atoms in total. The largest absolute Gasteiger partial charge is 0.325 e. The van der Waals surface area contributed by atoms with Crippen molar-refractivity contribution in [1.82, 2.24) is 9.97 Å². The summed E-state index contributed by atoms with van der Waals surface area (Å²) >= 11 is 2.58. The second kappa shape index (κ2) is 10.2. The number of nitrogens with one attached hydrogen (secondary N) is 2. The van der Waals surface area contributed by atoms with Crippen LogP contribution in [-0.2, 0) is 21.1 Å². The summed E-state index contributed by atoms with van der Waals surface area (Å²) in [6, 6.07) is 13.8. The number of H-pyrrole nitrogens is 1. The van der Waals surface area contributed by atoms with Crippen LogP contribution in [0, 0.1) is 0 Å². The van der Waals surface area contributed by atoms with Gasteiger partial charge in [0, 0.05) is 10.6 Å². The summed E-state index contributed by atoms with van der Waals surface area (Å²) in [6.07, 6.45) is 3.76. The molecule has 0 aliphatic rings. The van der Waals surface area contributed by atoms with Crippen LogP contribution in [0.4, 0.5) is 5.69 Å². The molecule has 3 aromatic rings. The fourth-order valence-electron chi connectivity index (χ4n) is 2.69. The number of amides is 1. The van der Waals surface area contributed by atoms with Crippen LogP contribution in [0.2, 0.25) is 0 Å². The highest BCUT2D eigenvalue weighted by Crippen LogP contribution is 2.21. The first-order chi connectivity index (χ1) is 14.8. The molecule has 1 amide bonds. The molecule has 0 spiro atoms. The number of sulfone groups is 1. The minimum Gasteiger partial charge on any atom is -0.325 e. The molecule has 31 heavy (non-hydrogen) atoms. The molecule has 0 saturated heterocycles. The molecule has 10 heteroatoms. The third-order valence-corrected chi connectivity index (χ3v) is 7.74. The van der Waals surface area contributed by atoms with Gasteiger partial charge < -0.3 is 10.3 Å². The van der Waals surface area contributed by atoms with Crippen molar-refractivity contribution >= 4 is 45.0 Å². The molecule has 1 heterocycles. The van der Waals surface area contributed by atoms with E-state index in [-0.39, 0.29) is 21.7 Å². The standard InChI is InChI=1S/C21H21N3O4S3/c1-3-14-7-9-17(10-8-14)31(27,28)18-12-22-21(24-20(18)26)30-13-19(25)23-15-5-4-6-16(11-15)29-2/h4-12H,3,13H2,1-2H3,(H,23,25)(H,22,24,26). The van der Waals surface area contributed by atoms with E-state index in [1.165, 1.54) is 12.1 Å². The van der Waals surface area contributed by atoms with E-state index >= 15 is 0 Å². The molecule has 2 aromatic carbocycles. The number of aryl methyl sites for hydroxylation is 1. The number of aromatic nitrogens is 2. The molecule has 162 valence electrons. The molecule has 0 fully saturated rings. The fraction of sp³-hybridized carbons (Fsp3) is 0.190. The average molecular weight is 476 g/mol. The van der Waals surface area contributed by atoms with E-state index in [4.69, 9.17) is 0 Å². The number of benzene rings is 2. The van der Waals surface area contributed by atoms with Crippen molar-refractivity contribution in [3.63, 3.8) is 0 Å². The maximum Gasteiger partial charge on any atom is 0.270 e. The number of hydrogen-bond acceptors (Lipinski definition) is 7. The number of carbonyl (C=O) groups is 1. The van der Waals surface area contributed by atoms with Gasteiger partial charge in [-0.05, 0) is 48.6 Å². The molecule has 0 aliphatic carbocycles. The third-order valence-electron chi connectivity index (χ3n) is 4.37. The van der Waals surface area contributed by atoms with Crippen molar-refractivity contribution in [3.8, 4) is 0 Å². The van der Waals surface area contributed by atoms with E-state index in [1.807, 2.05) is 31.4 Å². The maximum absolute atomic E-state index is 12.8. The maximum atomic E-state index is 12.8. The number of nitrogens with zero attached hydrogens (tertiary/aromatic N) is 1. The van der Waals surface area contributed by atoms with E-state index in [2.05, 4.69) is 15.3 Å². The van der Waals surface area contributed by atoms with Gasteiger partial charge in [0.2, 0.25) is 15.7 Å². The molecule has 0 atom stereocenters. The van der Waals surface area contributed by atoms with Gasteiger partial charge in [0.15, 0.2) is 10.1 Å². The Balaban J connectivity index is 1.68. The molecule has 2 N–H and O–H groups in total. The zero-order chi connectivity index (χ0) is 22.4. The normalized spacial score (nSPS) is 11.3. The second-order valence-corrected chi connectivity index (χ2v) is 10.2. The first kappa shape index (κ1) is 23.1. The lowest BCUT2D eigenvalue weighted by Crippen LogP contribution is -2.20. The molecule has 0 saturated carbocycles. The zero-order valence-corrected chi connectivity index (χ0v) is 19.4. The smallest absolute Gasteiger partial charge is 0.270 e. The van der Waals surface area contributed by atoms with E-state index in [9.17, 15) is 18.0 Å². The van der Waals surface area contributed by atoms with E-state index < -0.39 is 20.3 Å². The Labute approximate surface area is 189 Å². The van der Waals surface area contributed by atoms with Gasteiger partial charge in [-0.3, -0.25) is 9.59 Å². The lowest BCUT2D eigenvalue weighted by Gasteiger charge is -2.07. The van der Waals surface area contributed by atoms with Crippen molar-refractivity contribution in [2.75, 3.05) is 17.3 Å². The van der Waals surface area contributed by atoms with Gasteiger partial charge in [-0.2, -0.15) is 0 Å². The van der Waals surface area contributed by atoms with Crippen LogP contribution in [0.5, 0.6) is 0 Å². The molecule has 1 aromatic heterocycles. The van der Waals surface area contributed by atoms with Gasteiger partial charge in [-0.15, -0.1) is 11.8 Å². The monoisotopic (exact) mass is 475 g/mol. The predicted molar refractivity (Wildman–Crippen MR) is 124 cm³/mol. The summed E-state index contributed by atoms with van der Waals surface area (Å²) in [7, 11) is -3.99. The van der Waals surface area contributed by atoms with Crippen molar-refractivity contribution in [2.24, 2.45) is 0 Å². The highest BCUT2D eigenvalue weighted by Gasteiger charge is 2.22. The lowest BCUT2D eigenvalue weighted by molar-refractivity contribution is -0.113. The van der Waals surface area contributed by atoms with Crippen LogP contribution in [-0.4, -0.2) is 36.3 Å². The van der Waals surface area contributed by atoms with Crippen molar-refractivity contribution in [2.45, 2.75) is 33.2 Å². The third kappa shape index (κ3) is 5.78. The first-order valence-corrected chi connectivity index (χ1v) is 13.0. The summed E-state index contributed by atoms with van der Waals surface area (Å²) in [5.74, 6) is -0.254. The number of hydrogen-bond donors (Lipinski definition) is 2. The summed E-state index contributed by atoms with van der Waals surface area (Å²) in [6.45, 7) is 1.97. The van der Waals surface area contributed by atoms with Crippen LogP contribution in [0.3, 0.4) is 0 Å². The minimum atomic E-state index is -3.99. The van der Waals surface area contributed by atoms with Gasteiger partial charge in [0.05, 0.1) is 16.8 Å². The molecular weight excluding hydrogens is 454 g/mol. The molecule has 0 radical (unpaired) electrons. The fourth-order valence-corrected chi connectivity index (χ4v) is 5.02. The highest BCUT2D eigenvalue weighted by molar-refractivity contribution is 7.99. The van der Waals surface area contributed by atoms with Crippen molar-refractivity contribution in [1.29, 1.82) is 0 Å². The number of carbonyl (C=O) groups excluding carboxylic acids is 1. The van der Waals surface area contributed by atoms with Crippen LogP contribution < -0.4 is 10.9 Å². The summed E-state index contributed by atoms with van der Waals surface area (Å²) in [4.78, 5) is 31.7.